The summed E-state index contributed by atoms with van der Waals surface area (Å²) in [6.45, 7) is 0. The van der Waals surface area contributed by atoms with Crippen molar-refractivity contribution in [2.45, 2.75) is 0 Å². The average Bonchev–Trinajstić information content (AvgIpc) is 2.18. The van der Waals surface area contributed by atoms with Crippen molar-refractivity contribution in [3.05, 3.63) is 12.3 Å². The molecule has 0 saturated heterocycles. The van der Waals surface area contributed by atoms with E-state index in [1.165, 1.54) is 0 Å². The molecule has 1 aromatic heterocycles. The first-order valence-electron chi connectivity index (χ1n) is 2.61. The van der Waals surface area contributed by atoms with Crippen LogP contribution in [0, 0.1) is 0 Å². The van der Waals surface area contributed by atoms with Crippen LogP contribution in [-0.4, -0.2) is 16.9 Å². The van der Waals surface area contributed by atoms with Crippen LogP contribution in [-0.2, 0) is 11.9 Å². The molecule has 1 rings (SSSR count). The molecular weight excluding hydrogens is 118 g/mol. The van der Waals surface area contributed by atoms with Gasteiger partial charge in [-0.1, -0.05) is 0 Å². The van der Waals surface area contributed by atoms with Crippen LogP contribution in [0.2, 0.25) is 0 Å². The van der Waals surface area contributed by atoms with Gasteiger partial charge in [-0.15, -0.1) is 0 Å². The molecule has 1 aromatic rings. The lowest BCUT2D eigenvalue weighted by molar-refractivity contribution is 0.267. The van der Waals surface area contributed by atoms with Gasteiger partial charge in [0.2, 0.25) is 0 Å². The molecule has 0 aliphatic carbocycles. The number of nitrogens with zero attached hydrogens (tertiary/aromatic N) is 2. The third-order valence-electron chi connectivity index (χ3n) is 1.03. The summed E-state index contributed by atoms with van der Waals surface area (Å²) in [6, 6.07) is 1.82. The van der Waals surface area contributed by atoms with Crippen LogP contribution in [0.4, 0.5) is 5.82 Å². The zero-order chi connectivity index (χ0) is 6.69. The minimum atomic E-state index is 0.845. The Morgan fingerprint density at radius 2 is 2.56 bits per heavy atom. The number of hydrogen-bond donors (Lipinski definition) is 1. The second kappa shape index (κ2) is 2.50. The molecule has 4 nitrogen and oxygen atoms in total. The Kier molecular flexibility index (Phi) is 1.69. The Hall–Kier alpha value is -1.03. The van der Waals surface area contributed by atoms with Gasteiger partial charge in [0.15, 0.2) is 0 Å². The van der Waals surface area contributed by atoms with E-state index in [2.05, 4.69) is 15.4 Å². The molecule has 0 amide bonds. The fourth-order valence-electron chi connectivity index (χ4n) is 0.579. The highest BCUT2D eigenvalue weighted by Gasteiger charge is 1.92. The lowest BCUT2D eigenvalue weighted by Gasteiger charge is -2.00. The average molecular weight is 127 g/mol. The molecule has 0 saturated carbocycles. The zero-order valence-electron chi connectivity index (χ0n) is 5.46. The number of aromatic nitrogens is 2. The highest BCUT2D eigenvalue weighted by molar-refractivity contribution is 5.29. The van der Waals surface area contributed by atoms with Gasteiger partial charge in [-0.05, 0) is 0 Å². The van der Waals surface area contributed by atoms with Gasteiger partial charge in [0.1, 0.15) is 5.82 Å². The van der Waals surface area contributed by atoms with Gasteiger partial charge in [0, 0.05) is 13.1 Å². The first-order chi connectivity index (χ1) is 4.34. The second-order valence-electron chi connectivity index (χ2n) is 1.65. The Labute approximate surface area is 53.4 Å². The topological polar surface area (TPSA) is 39.1 Å². The molecule has 0 aliphatic rings. The van der Waals surface area contributed by atoms with Gasteiger partial charge >= 0.3 is 0 Å². The molecule has 0 aliphatic heterocycles. The highest BCUT2D eigenvalue weighted by Crippen LogP contribution is 2.01. The van der Waals surface area contributed by atoms with E-state index in [4.69, 9.17) is 0 Å². The van der Waals surface area contributed by atoms with Crippen molar-refractivity contribution in [3.8, 4) is 0 Å². The number of rotatable bonds is 2. The van der Waals surface area contributed by atoms with Gasteiger partial charge in [0.25, 0.3) is 0 Å². The van der Waals surface area contributed by atoms with Gasteiger partial charge in [-0.2, -0.15) is 5.10 Å². The zero-order valence-corrected chi connectivity index (χ0v) is 5.46. The predicted octanol–water partition coefficient (Wildman–Crippen LogP) is 0.393. The first-order valence-corrected chi connectivity index (χ1v) is 2.61. The molecule has 1 heterocycles. The molecule has 0 aromatic carbocycles. The summed E-state index contributed by atoms with van der Waals surface area (Å²) in [5, 5.41) is 3.91. The number of anilines is 1. The Morgan fingerprint density at radius 3 is 3.00 bits per heavy atom. The molecule has 4 heteroatoms. The van der Waals surface area contributed by atoms with E-state index < -0.39 is 0 Å². The molecule has 50 valence electrons. The van der Waals surface area contributed by atoms with Crippen molar-refractivity contribution < 1.29 is 4.84 Å². The Morgan fingerprint density at radius 1 is 1.78 bits per heavy atom. The summed E-state index contributed by atoms with van der Waals surface area (Å²) in [4.78, 5) is 4.66. The van der Waals surface area contributed by atoms with Gasteiger partial charge in [-0.25, -0.2) is 5.48 Å². The third kappa shape index (κ3) is 1.20. The van der Waals surface area contributed by atoms with E-state index in [0.29, 0.717) is 0 Å². The SMILES string of the molecule is CONc1ccnn1C. The van der Waals surface area contributed by atoms with Gasteiger partial charge < -0.3 is 0 Å². The van der Waals surface area contributed by atoms with Crippen molar-refractivity contribution in [1.82, 2.24) is 9.78 Å². The summed E-state index contributed by atoms with van der Waals surface area (Å²) < 4.78 is 1.68. The van der Waals surface area contributed by atoms with E-state index in [0.717, 1.165) is 5.82 Å². The fraction of sp³-hybridized carbons (Fsp3) is 0.400. The third-order valence-corrected chi connectivity index (χ3v) is 1.03. The number of aryl methyl sites for hydroxylation is 1. The second-order valence-corrected chi connectivity index (χ2v) is 1.65. The van der Waals surface area contributed by atoms with Crippen molar-refractivity contribution in [2.75, 3.05) is 12.6 Å². The molecule has 0 bridgehead atoms. The predicted molar refractivity (Wildman–Crippen MR) is 33.8 cm³/mol. The summed E-state index contributed by atoms with van der Waals surface area (Å²) >= 11 is 0. The van der Waals surface area contributed by atoms with E-state index in [-0.39, 0.29) is 0 Å². The summed E-state index contributed by atoms with van der Waals surface area (Å²) in [5.41, 5.74) is 2.66. The molecule has 9 heavy (non-hydrogen) atoms. The summed E-state index contributed by atoms with van der Waals surface area (Å²) in [6.07, 6.45) is 1.70. The molecule has 1 N–H and O–H groups in total. The minimum absolute atomic E-state index is 0.845. The van der Waals surface area contributed by atoms with E-state index in [1.54, 1.807) is 18.0 Å². The monoisotopic (exact) mass is 127 g/mol. The summed E-state index contributed by atoms with van der Waals surface area (Å²) in [5.74, 6) is 0.845. The van der Waals surface area contributed by atoms with Crippen LogP contribution in [0.1, 0.15) is 0 Å². The molecule has 0 atom stereocenters. The van der Waals surface area contributed by atoms with Crippen LogP contribution in [0.5, 0.6) is 0 Å². The Bertz CT molecular complexity index is 184. The van der Waals surface area contributed by atoms with Crippen LogP contribution < -0.4 is 5.48 Å². The highest BCUT2D eigenvalue weighted by atomic mass is 16.6. The van der Waals surface area contributed by atoms with Gasteiger partial charge in [0.05, 0.1) is 13.3 Å². The van der Waals surface area contributed by atoms with Crippen LogP contribution in [0.3, 0.4) is 0 Å². The van der Waals surface area contributed by atoms with E-state index in [9.17, 15) is 0 Å². The van der Waals surface area contributed by atoms with E-state index in [1.807, 2.05) is 13.1 Å². The quantitative estimate of drug-likeness (QED) is 0.584. The fourth-order valence-corrected chi connectivity index (χ4v) is 0.579. The van der Waals surface area contributed by atoms with Crippen LogP contribution >= 0.6 is 0 Å². The molecule has 0 fully saturated rings. The maximum Gasteiger partial charge on any atom is 0.147 e. The maximum absolute atomic E-state index is 4.66. The van der Waals surface area contributed by atoms with E-state index >= 15 is 0 Å². The molecule has 0 unspecified atom stereocenters. The number of hydrogen-bond acceptors (Lipinski definition) is 3. The van der Waals surface area contributed by atoms with Crippen LogP contribution in [0.15, 0.2) is 12.3 Å². The van der Waals surface area contributed by atoms with Crippen molar-refractivity contribution in [2.24, 2.45) is 7.05 Å². The lowest BCUT2D eigenvalue weighted by atomic mass is 10.7. The normalized spacial score (nSPS) is 9.56. The standard InChI is InChI=1S/C5H9N3O/c1-8-5(7-9-2)3-4-6-8/h3-4,7H,1-2H3. The largest absolute Gasteiger partial charge is 0.278 e. The first kappa shape index (κ1) is 6.10. The molecular formula is C5H9N3O. The smallest absolute Gasteiger partial charge is 0.147 e. The number of nitrogens with one attached hydrogen (secondary N) is 1. The summed E-state index contributed by atoms with van der Waals surface area (Å²) in [7, 11) is 3.40. The van der Waals surface area contributed by atoms with Crippen molar-refractivity contribution in [1.29, 1.82) is 0 Å². The lowest BCUT2D eigenvalue weighted by Crippen LogP contribution is -2.01. The van der Waals surface area contributed by atoms with Crippen LogP contribution in [0.25, 0.3) is 0 Å². The van der Waals surface area contributed by atoms with Gasteiger partial charge in [-0.3, -0.25) is 9.52 Å². The Balaban J connectivity index is 2.69. The maximum atomic E-state index is 4.66. The van der Waals surface area contributed by atoms with Crippen molar-refractivity contribution >= 4 is 5.82 Å². The minimum Gasteiger partial charge on any atom is -0.278 e. The van der Waals surface area contributed by atoms with Crippen molar-refractivity contribution in [3.63, 3.8) is 0 Å². The molecule has 0 radical (unpaired) electrons. The molecule has 0 spiro atoms.